The molecule has 0 bridgehead atoms. The van der Waals surface area contributed by atoms with Crippen molar-refractivity contribution in [2.24, 2.45) is 0 Å². The number of ketones is 1. The highest BCUT2D eigenvalue weighted by Gasteiger charge is 2.52. The summed E-state index contributed by atoms with van der Waals surface area (Å²) in [4.78, 5) is 21.0. The quantitative estimate of drug-likeness (QED) is 0.556. The zero-order valence-corrected chi connectivity index (χ0v) is 9.74. The maximum absolute atomic E-state index is 12.7. The third-order valence-corrected chi connectivity index (χ3v) is 2.03. The smallest absolute Gasteiger partial charge is 0.321 e. The number of carbonyl (C=O) groups is 2. The van der Waals surface area contributed by atoms with E-state index < -0.39 is 54.1 Å². The lowest BCUT2D eigenvalue weighted by molar-refractivity contribution is -0.194. The van der Waals surface area contributed by atoms with E-state index in [-0.39, 0.29) is 0 Å². The first kappa shape index (κ1) is 17.9. The van der Waals surface area contributed by atoms with Crippen molar-refractivity contribution >= 4 is 23.3 Å². The molecule has 0 unspecified atom stereocenters. The highest BCUT2D eigenvalue weighted by molar-refractivity contribution is 6.28. The molecule has 1 amide bonds. The van der Waals surface area contributed by atoms with Crippen LogP contribution in [-0.4, -0.2) is 54.1 Å². The van der Waals surface area contributed by atoms with E-state index in [1.165, 1.54) is 0 Å². The van der Waals surface area contributed by atoms with E-state index in [1.54, 1.807) is 0 Å². The molecule has 0 spiro atoms. The molecule has 0 fully saturated rings. The highest BCUT2D eigenvalue weighted by Crippen LogP contribution is 2.27. The zero-order valence-electron chi connectivity index (χ0n) is 8.99. The molecule has 0 aromatic heterocycles. The van der Waals surface area contributed by atoms with Gasteiger partial charge in [-0.05, 0) is 0 Å². The summed E-state index contributed by atoms with van der Waals surface area (Å²) < 4.78 is 85.2. The summed E-state index contributed by atoms with van der Waals surface area (Å²) in [6.07, 6.45) is -9.61. The number of hydrogen-bond donors (Lipinski definition) is 0. The number of amides is 1. The second kappa shape index (κ2) is 6.40. The fraction of sp³-hybridized carbons (Fsp3) is 0.750. The molecule has 0 aliphatic heterocycles. The van der Waals surface area contributed by atoms with Crippen LogP contribution in [0.1, 0.15) is 0 Å². The van der Waals surface area contributed by atoms with Gasteiger partial charge >= 0.3 is 18.5 Å². The molecule has 0 aromatic rings. The van der Waals surface area contributed by atoms with Gasteiger partial charge in [0, 0.05) is 0 Å². The standard InChI is InChI=1S/C8H7ClF7NO2/c9-1-4(18)2-17(3-7(12,13)14)6(19)8(15,16)5(10)11/h5H,1-3H2. The Morgan fingerprint density at radius 3 is 1.89 bits per heavy atom. The summed E-state index contributed by atoms with van der Waals surface area (Å²) in [7, 11) is 0. The summed E-state index contributed by atoms with van der Waals surface area (Å²) in [6, 6.07) is 0. The van der Waals surface area contributed by atoms with Gasteiger partial charge in [0.05, 0.1) is 12.4 Å². The average molecular weight is 318 g/mol. The van der Waals surface area contributed by atoms with E-state index >= 15 is 0 Å². The third-order valence-electron chi connectivity index (χ3n) is 1.73. The van der Waals surface area contributed by atoms with Crippen LogP contribution < -0.4 is 0 Å². The lowest BCUT2D eigenvalue weighted by Crippen LogP contribution is -2.52. The van der Waals surface area contributed by atoms with E-state index in [4.69, 9.17) is 11.6 Å². The lowest BCUT2D eigenvalue weighted by atomic mass is 10.2. The first-order valence-corrected chi connectivity index (χ1v) is 5.05. The van der Waals surface area contributed by atoms with Crippen LogP contribution in [0.15, 0.2) is 0 Å². The number of rotatable bonds is 6. The normalized spacial score (nSPS) is 12.7. The Kier molecular flexibility index (Phi) is 6.04. The first-order valence-electron chi connectivity index (χ1n) is 4.51. The van der Waals surface area contributed by atoms with Crippen molar-refractivity contribution in [1.82, 2.24) is 4.90 Å². The van der Waals surface area contributed by atoms with Crippen LogP contribution in [0.4, 0.5) is 30.7 Å². The number of halogens is 8. The topological polar surface area (TPSA) is 37.4 Å². The molecule has 0 N–H and O–H groups in total. The molecule has 0 aliphatic carbocycles. The van der Waals surface area contributed by atoms with Crippen molar-refractivity contribution in [3.8, 4) is 0 Å². The van der Waals surface area contributed by atoms with Crippen LogP contribution in [0.5, 0.6) is 0 Å². The molecule has 0 rings (SSSR count). The second-order valence-electron chi connectivity index (χ2n) is 3.37. The van der Waals surface area contributed by atoms with Crippen molar-refractivity contribution in [1.29, 1.82) is 0 Å². The SMILES string of the molecule is O=C(CCl)CN(CC(F)(F)F)C(=O)C(F)(F)C(F)F. The molecule has 0 aromatic carbocycles. The summed E-state index contributed by atoms with van der Waals surface area (Å²) in [5.41, 5.74) is 0. The van der Waals surface area contributed by atoms with Crippen LogP contribution in [0.2, 0.25) is 0 Å². The zero-order chi connectivity index (χ0) is 15.4. The molecule has 112 valence electrons. The largest absolute Gasteiger partial charge is 0.406 e. The maximum Gasteiger partial charge on any atom is 0.406 e. The molecule has 0 heterocycles. The summed E-state index contributed by atoms with van der Waals surface area (Å²) >= 11 is 4.94. The number of hydrogen-bond acceptors (Lipinski definition) is 2. The Morgan fingerprint density at radius 1 is 1.11 bits per heavy atom. The third kappa shape index (κ3) is 5.62. The minimum absolute atomic E-state index is 0.698. The second-order valence-corrected chi connectivity index (χ2v) is 3.64. The van der Waals surface area contributed by atoms with Gasteiger partial charge in [-0.1, -0.05) is 0 Å². The lowest BCUT2D eigenvalue weighted by Gasteiger charge is -2.26. The van der Waals surface area contributed by atoms with Crippen molar-refractivity contribution in [2.75, 3.05) is 19.0 Å². The van der Waals surface area contributed by atoms with Crippen molar-refractivity contribution in [2.45, 2.75) is 18.5 Å². The number of carbonyl (C=O) groups excluding carboxylic acids is 2. The van der Waals surface area contributed by atoms with Gasteiger partial charge in [0.15, 0.2) is 5.78 Å². The van der Waals surface area contributed by atoms with Gasteiger partial charge in [0.25, 0.3) is 5.91 Å². The average Bonchev–Trinajstić information content (AvgIpc) is 2.24. The van der Waals surface area contributed by atoms with Crippen LogP contribution in [0.3, 0.4) is 0 Å². The minimum atomic E-state index is -5.31. The van der Waals surface area contributed by atoms with Gasteiger partial charge in [-0.25, -0.2) is 8.78 Å². The summed E-state index contributed by atoms with van der Waals surface area (Å²) in [6.45, 7) is -3.68. The Labute approximate surface area is 107 Å². The molecule has 19 heavy (non-hydrogen) atoms. The van der Waals surface area contributed by atoms with E-state index in [2.05, 4.69) is 0 Å². The van der Waals surface area contributed by atoms with Gasteiger partial charge in [0.2, 0.25) is 0 Å². The number of alkyl halides is 8. The molecule has 0 saturated heterocycles. The van der Waals surface area contributed by atoms with Crippen molar-refractivity contribution in [3.63, 3.8) is 0 Å². The predicted octanol–water partition coefficient (Wildman–Crippen LogP) is 2.09. The molecule has 0 saturated carbocycles. The Morgan fingerprint density at radius 2 is 1.58 bits per heavy atom. The maximum atomic E-state index is 12.7. The fourth-order valence-electron chi connectivity index (χ4n) is 0.975. The molecule has 0 aliphatic rings. The molecule has 0 atom stereocenters. The molecular weight excluding hydrogens is 311 g/mol. The molecular formula is C8H7ClF7NO2. The molecule has 0 radical (unpaired) electrons. The van der Waals surface area contributed by atoms with Gasteiger partial charge < -0.3 is 4.90 Å². The van der Waals surface area contributed by atoms with Crippen LogP contribution in [0, 0.1) is 0 Å². The van der Waals surface area contributed by atoms with E-state index in [1.807, 2.05) is 0 Å². The Bertz CT molecular complexity index is 344. The van der Waals surface area contributed by atoms with Gasteiger partial charge in [-0.2, -0.15) is 22.0 Å². The van der Waals surface area contributed by atoms with Gasteiger partial charge in [0.1, 0.15) is 6.54 Å². The van der Waals surface area contributed by atoms with Crippen LogP contribution in [0.25, 0.3) is 0 Å². The van der Waals surface area contributed by atoms with E-state index in [0.717, 1.165) is 0 Å². The monoisotopic (exact) mass is 317 g/mol. The van der Waals surface area contributed by atoms with Crippen LogP contribution >= 0.6 is 11.6 Å². The number of nitrogens with zero attached hydrogens (tertiary/aromatic N) is 1. The first-order chi connectivity index (χ1) is 8.41. The Balaban J connectivity index is 5.13. The van der Waals surface area contributed by atoms with E-state index in [0.29, 0.717) is 0 Å². The van der Waals surface area contributed by atoms with Gasteiger partial charge in [-0.3, -0.25) is 9.59 Å². The predicted molar refractivity (Wildman–Crippen MR) is 49.3 cm³/mol. The molecule has 11 heteroatoms. The van der Waals surface area contributed by atoms with Crippen molar-refractivity contribution < 1.29 is 40.3 Å². The summed E-state index contributed by atoms with van der Waals surface area (Å²) in [5, 5.41) is 0. The minimum Gasteiger partial charge on any atom is -0.321 e. The van der Waals surface area contributed by atoms with Crippen molar-refractivity contribution in [3.05, 3.63) is 0 Å². The van der Waals surface area contributed by atoms with Crippen LogP contribution in [-0.2, 0) is 9.59 Å². The fourth-order valence-corrected chi connectivity index (χ4v) is 1.06. The number of Topliss-reactive ketones (excluding diaryl/α,β-unsaturated/α-hetero) is 1. The Hall–Kier alpha value is -1.06. The van der Waals surface area contributed by atoms with E-state index in [9.17, 15) is 40.3 Å². The van der Waals surface area contributed by atoms with Gasteiger partial charge in [-0.15, -0.1) is 11.6 Å². The molecule has 3 nitrogen and oxygen atoms in total. The highest BCUT2D eigenvalue weighted by atomic mass is 35.5. The summed E-state index contributed by atoms with van der Waals surface area (Å²) in [5.74, 6) is -10.1.